The molecule has 1 aromatic carbocycles. The molecule has 1 rings (SSSR count). The predicted molar refractivity (Wildman–Crippen MR) is 64.3 cm³/mol. The van der Waals surface area contributed by atoms with E-state index in [1.807, 2.05) is 0 Å². The summed E-state index contributed by atoms with van der Waals surface area (Å²) in [5.41, 5.74) is 3.80. The van der Waals surface area contributed by atoms with E-state index in [2.05, 4.69) is 44.0 Å². The summed E-state index contributed by atoms with van der Waals surface area (Å²) in [6.45, 7) is 5.43. The van der Waals surface area contributed by atoms with Gasteiger partial charge in [-0.05, 0) is 30.5 Å². The molecule has 0 N–H and O–H groups in total. The van der Waals surface area contributed by atoms with Crippen molar-refractivity contribution in [3.05, 3.63) is 29.3 Å². The minimum atomic E-state index is 0.596. The Morgan fingerprint density at radius 1 is 1.36 bits per heavy atom. The van der Waals surface area contributed by atoms with E-state index in [1.165, 1.54) is 23.2 Å². The van der Waals surface area contributed by atoms with E-state index in [9.17, 15) is 0 Å². The van der Waals surface area contributed by atoms with E-state index in [1.54, 1.807) is 0 Å². The van der Waals surface area contributed by atoms with Crippen molar-refractivity contribution < 1.29 is 0 Å². The lowest BCUT2D eigenvalue weighted by Gasteiger charge is -2.21. The van der Waals surface area contributed by atoms with Crippen LogP contribution in [0.15, 0.2) is 18.2 Å². The van der Waals surface area contributed by atoms with Gasteiger partial charge in [-0.3, -0.25) is 0 Å². The summed E-state index contributed by atoms with van der Waals surface area (Å²) in [7, 11) is 2.13. The molecular formula is C12H18ClN. The van der Waals surface area contributed by atoms with Crippen molar-refractivity contribution in [2.45, 2.75) is 26.1 Å². The number of rotatable bonds is 4. The van der Waals surface area contributed by atoms with Crippen molar-refractivity contribution >= 4 is 17.3 Å². The van der Waals surface area contributed by atoms with Crippen LogP contribution in [0.4, 0.5) is 5.69 Å². The van der Waals surface area contributed by atoms with Crippen LogP contribution < -0.4 is 4.90 Å². The van der Waals surface area contributed by atoms with Crippen LogP contribution in [0.25, 0.3) is 0 Å². The highest BCUT2D eigenvalue weighted by atomic mass is 35.5. The van der Waals surface area contributed by atoms with Crippen molar-refractivity contribution in [2.24, 2.45) is 0 Å². The van der Waals surface area contributed by atoms with Gasteiger partial charge in [0.05, 0.1) is 0 Å². The molecule has 0 fully saturated rings. The first-order valence-electron chi connectivity index (χ1n) is 5.05. The summed E-state index contributed by atoms with van der Waals surface area (Å²) >= 11 is 5.78. The maximum atomic E-state index is 5.78. The number of benzene rings is 1. The highest BCUT2D eigenvalue weighted by Crippen LogP contribution is 2.21. The second-order valence-corrected chi connectivity index (χ2v) is 3.94. The van der Waals surface area contributed by atoms with E-state index >= 15 is 0 Å². The maximum Gasteiger partial charge on any atom is 0.0474 e. The third kappa shape index (κ3) is 2.65. The monoisotopic (exact) mass is 211 g/mol. The van der Waals surface area contributed by atoms with Crippen molar-refractivity contribution in [2.75, 3.05) is 18.5 Å². The predicted octanol–water partition coefficient (Wildman–Crippen LogP) is 3.58. The lowest BCUT2D eigenvalue weighted by atomic mass is 10.1. The molecule has 0 bridgehead atoms. The van der Waals surface area contributed by atoms with Gasteiger partial charge in [-0.25, -0.2) is 0 Å². The number of alkyl halides is 1. The summed E-state index contributed by atoms with van der Waals surface area (Å²) < 4.78 is 0. The average molecular weight is 212 g/mol. The first-order chi connectivity index (χ1) is 6.69. The molecular weight excluding hydrogens is 194 g/mol. The Hall–Kier alpha value is -0.690. The Morgan fingerprint density at radius 2 is 2.07 bits per heavy atom. The molecule has 0 radical (unpaired) electrons. The van der Waals surface area contributed by atoms with Crippen LogP contribution in [-0.2, 0) is 5.88 Å². The fourth-order valence-electron chi connectivity index (χ4n) is 1.68. The fraction of sp³-hybridized carbons (Fsp3) is 0.500. The summed E-state index contributed by atoms with van der Waals surface area (Å²) in [5, 5.41) is 0. The van der Waals surface area contributed by atoms with Gasteiger partial charge in [-0.2, -0.15) is 0 Å². The minimum Gasteiger partial charge on any atom is -0.374 e. The molecule has 14 heavy (non-hydrogen) atoms. The molecule has 78 valence electrons. The number of halogens is 1. The van der Waals surface area contributed by atoms with E-state index < -0.39 is 0 Å². The van der Waals surface area contributed by atoms with Crippen molar-refractivity contribution in [3.8, 4) is 0 Å². The smallest absolute Gasteiger partial charge is 0.0474 e. The van der Waals surface area contributed by atoms with Gasteiger partial charge in [0.1, 0.15) is 0 Å². The summed E-state index contributed by atoms with van der Waals surface area (Å²) in [6, 6.07) is 6.42. The molecule has 0 aliphatic carbocycles. The molecule has 0 aliphatic rings. The molecule has 0 aromatic heterocycles. The molecule has 1 aromatic rings. The van der Waals surface area contributed by atoms with Crippen molar-refractivity contribution in [3.63, 3.8) is 0 Å². The molecule has 0 spiro atoms. The lowest BCUT2D eigenvalue weighted by Crippen LogP contribution is -2.18. The summed E-state index contributed by atoms with van der Waals surface area (Å²) in [5.74, 6) is 0.596. The molecule has 0 saturated heterocycles. The number of hydrogen-bond acceptors (Lipinski definition) is 1. The van der Waals surface area contributed by atoms with Gasteiger partial charge >= 0.3 is 0 Å². The van der Waals surface area contributed by atoms with Gasteiger partial charge in [-0.15, -0.1) is 11.6 Å². The second-order valence-electron chi connectivity index (χ2n) is 3.68. The molecule has 0 heterocycles. The number of hydrogen-bond donors (Lipinski definition) is 0. The van der Waals surface area contributed by atoms with Crippen LogP contribution in [0.1, 0.15) is 24.5 Å². The van der Waals surface area contributed by atoms with Crippen LogP contribution in [-0.4, -0.2) is 13.6 Å². The standard InChI is InChI=1S/C12H18ClN/c1-4-7-14(3)12-6-5-11(9-13)8-10(12)2/h5-6,8H,4,7,9H2,1-3H3. The highest BCUT2D eigenvalue weighted by molar-refractivity contribution is 6.17. The van der Waals surface area contributed by atoms with Crippen molar-refractivity contribution in [1.82, 2.24) is 0 Å². The fourth-order valence-corrected chi connectivity index (χ4v) is 1.85. The maximum absolute atomic E-state index is 5.78. The summed E-state index contributed by atoms with van der Waals surface area (Å²) in [4.78, 5) is 2.29. The zero-order chi connectivity index (χ0) is 10.6. The molecule has 0 aliphatic heterocycles. The van der Waals surface area contributed by atoms with E-state index in [4.69, 9.17) is 11.6 Å². The molecule has 0 saturated carbocycles. The van der Waals surface area contributed by atoms with Crippen LogP contribution >= 0.6 is 11.6 Å². The third-order valence-corrected chi connectivity index (χ3v) is 2.69. The van der Waals surface area contributed by atoms with Gasteiger partial charge < -0.3 is 4.90 Å². The quantitative estimate of drug-likeness (QED) is 0.689. The van der Waals surface area contributed by atoms with Gasteiger partial charge in [0.2, 0.25) is 0 Å². The molecule has 0 unspecified atom stereocenters. The highest BCUT2D eigenvalue weighted by Gasteiger charge is 2.03. The van der Waals surface area contributed by atoms with Gasteiger partial charge in [0, 0.05) is 25.2 Å². The minimum absolute atomic E-state index is 0.596. The Morgan fingerprint density at radius 3 is 2.57 bits per heavy atom. The van der Waals surface area contributed by atoms with Crippen LogP contribution in [0.3, 0.4) is 0 Å². The number of nitrogens with zero attached hydrogens (tertiary/aromatic N) is 1. The largest absolute Gasteiger partial charge is 0.374 e. The van der Waals surface area contributed by atoms with E-state index in [-0.39, 0.29) is 0 Å². The topological polar surface area (TPSA) is 3.24 Å². The number of aryl methyl sites for hydroxylation is 1. The van der Waals surface area contributed by atoms with Gasteiger partial charge in [0.15, 0.2) is 0 Å². The molecule has 0 atom stereocenters. The average Bonchev–Trinajstić information content (AvgIpc) is 2.17. The van der Waals surface area contributed by atoms with Crippen LogP contribution in [0.2, 0.25) is 0 Å². The zero-order valence-electron chi connectivity index (χ0n) is 9.18. The summed E-state index contributed by atoms with van der Waals surface area (Å²) in [6.07, 6.45) is 1.17. The molecule has 1 nitrogen and oxygen atoms in total. The normalized spacial score (nSPS) is 10.3. The molecule has 0 amide bonds. The van der Waals surface area contributed by atoms with Crippen LogP contribution in [0, 0.1) is 6.92 Å². The first kappa shape index (κ1) is 11.4. The Bertz CT molecular complexity index is 296. The molecule has 2 heteroatoms. The number of anilines is 1. The van der Waals surface area contributed by atoms with Crippen molar-refractivity contribution in [1.29, 1.82) is 0 Å². The SMILES string of the molecule is CCCN(C)c1ccc(CCl)cc1C. The van der Waals surface area contributed by atoms with Gasteiger partial charge in [-0.1, -0.05) is 19.1 Å². The second kappa shape index (κ2) is 5.26. The Labute approximate surface area is 91.7 Å². The zero-order valence-corrected chi connectivity index (χ0v) is 9.93. The van der Waals surface area contributed by atoms with Gasteiger partial charge in [0.25, 0.3) is 0 Å². The lowest BCUT2D eigenvalue weighted by molar-refractivity contribution is 0.849. The van der Waals surface area contributed by atoms with E-state index in [0.717, 1.165) is 6.54 Å². The Kier molecular flexibility index (Phi) is 4.27. The van der Waals surface area contributed by atoms with Crippen LogP contribution in [0.5, 0.6) is 0 Å². The Balaban J connectivity index is 2.88. The van der Waals surface area contributed by atoms with E-state index in [0.29, 0.717) is 5.88 Å². The third-order valence-electron chi connectivity index (χ3n) is 2.39. The first-order valence-corrected chi connectivity index (χ1v) is 5.59.